The molecule has 1 amide bonds. The van der Waals surface area contributed by atoms with E-state index in [1.807, 2.05) is 0 Å². The van der Waals surface area contributed by atoms with Crippen LogP contribution in [0.2, 0.25) is 0 Å². The maximum atomic E-state index is 13.8. The molecule has 0 radical (unpaired) electrons. The zero-order valence-corrected chi connectivity index (χ0v) is 15.2. The zero-order chi connectivity index (χ0) is 17.8. The molecule has 1 heterocycles. The maximum Gasteiger partial charge on any atom is 0.227 e. The first-order valence-corrected chi connectivity index (χ1v) is 9.03. The molecule has 0 spiro atoms. The van der Waals surface area contributed by atoms with Crippen LogP contribution in [0.5, 0.6) is 0 Å². The maximum absolute atomic E-state index is 13.8. The van der Waals surface area contributed by atoms with Gasteiger partial charge in [0.25, 0.3) is 0 Å². The molecule has 0 aliphatic carbocycles. The van der Waals surface area contributed by atoms with Gasteiger partial charge in [0.2, 0.25) is 5.91 Å². The zero-order valence-electron chi connectivity index (χ0n) is 13.6. The first-order chi connectivity index (χ1) is 12.0. The normalized spacial score (nSPS) is 16.0. The molecule has 1 saturated heterocycles. The summed E-state index contributed by atoms with van der Waals surface area (Å²) in [5.74, 6) is -0.939. The summed E-state index contributed by atoms with van der Waals surface area (Å²) in [7, 11) is 0. The average molecular weight is 409 g/mol. The van der Waals surface area contributed by atoms with Crippen LogP contribution in [0.25, 0.3) is 0 Å². The van der Waals surface area contributed by atoms with Crippen molar-refractivity contribution in [2.75, 3.05) is 18.4 Å². The van der Waals surface area contributed by atoms with E-state index in [4.69, 9.17) is 0 Å². The van der Waals surface area contributed by atoms with E-state index in [2.05, 4.69) is 26.1 Å². The average Bonchev–Trinajstić information content (AvgIpc) is 2.60. The number of halogens is 3. The number of amides is 1. The molecular formula is C19H19BrF2N2O. The standard InChI is InChI=1S/C19H19BrF2N2O/c20-15-3-6-18(17(22)11-15)23-19(25)14-7-9-24(10-8-14)12-13-1-4-16(21)5-2-13/h1-6,11,14H,7-10,12H2,(H,23,25). The van der Waals surface area contributed by atoms with E-state index in [1.165, 1.54) is 18.2 Å². The van der Waals surface area contributed by atoms with Crippen molar-refractivity contribution < 1.29 is 13.6 Å². The second kappa shape index (κ2) is 8.06. The van der Waals surface area contributed by atoms with Crippen LogP contribution in [0.1, 0.15) is 18.4 Å². The Balaban J connectivity index is 1.51. The summed E-state index contributed by atoms with van der Waals surface area (Å²) >= 11 is 3.20. The molecule has 0 aromatic heterocycles. The Morgan fingerprint density at radius 2 is 1.80 bits per heavy atom. The Labute approximate surface area is 154 Å². The predicted octanol–water partition coefficient (Wildman–Crippen LogP) is 4.58. The highest BCUT2D eigenvalue weighted by atomic mass is 79.9. The van der Waals surface area contributed by atoms with Gasteiger partial charge in [-0.1, -0.05) is 28.1 Å². The van der Waals surface area contributed by atoms with Gasteiger partial charge in [0, 0.05) is 16.9 Å². The van der Waals surface area contributed by atoms with E-state index in [9.17, 15) is 13.6 Å². The molecule has 1 aliphatic heterocycles. The van der Waals surface area contributed by atoms with E-state index in [-0.39, 0.29) is 23.3 Å². The van der Waals surface area contributed by atoms with Gasteiger partial charge in [-0.05, 0) is 61.8 Å². The van der Waals surface area contributed by atoms with Gasteiger partial charge in [-0.25, -0.2) is 8.78 Å². The molecule has 3 nitrogen and oxygen atoms in total. The van der Waals surface area contributed by atoms with E-state index >= 15 is 0 Å². The Morgan fingerprint density at radius 1 is 1.12 bits per heavy atom. The van der Waals surface area contributed by atoms with Crippen molar-refractivity contribution in [2.45, 2.75) is 19.4 Å². The molecule has 25 heavy (non-hydrogen) atoms. The Kier molecular flexibility index (Phi) is 5.81. The van der Waals surface area contributed by atoms with Crippen LogP contribution in [0.3, 0.4) is 0 Å². The molecule has 3 rings (SSSR count). The van der Waals surface area contributed by atoms with Gasteiger partial charge in [-0.15, -0.1) is 0 Å². The lowest BCUT2D eigenvalue weighted by Gasteiger charge is -2.31. The molecule has 2 aromatic rings. The second-order valence-electron chi connectivity index (χ2n) is 6.29. The highest BCUT2D eigenvalue weighted by molar-refractivity contribution is 9.10. The van der Waals surface area contributed by atoms with Crippen LogP contribution >= 0.6 is 15.9 Å². The quantitative estimate of drug-likeness (QED) is 0.802. The third-order valence-corrected chi connectivity index (χ3v) is 4.96. The van der Waals surface area contributed by atoms with Crippen molar-refractivity contribution in [3.63, 3.8) is 0 Å². The molecule has 0 atom stereocenters. The Hall–Kier alpha value is -1.79. The van der Waals surface area contributed by atoms with Crippen molar-refractivity contribution in [1.82, 2.24) is 4.90 Å². The van der Waals surface area contributed by atoms with Gasteiger partial charge in [-0.3, -0.25) is 9.69 Å². The van der Waals surface area contributed by atoms with Crippen LogP contribution in [0.4, 0.5) is 14.5 Å². The van der Waals surface area contributed by atoms with Gasteiger partial charge in [0.05, 0.1) is 5.69 Å². The van der Waals surface area contributed by atoms with Crippen molar-refractivity contribution in [1.29, 1.82) is 0 Å². The van der Waals surface area contributed by atoms with E-state index in [0.717, 1.165) is 38.0 Å². The first-order valence-electron chi connectivity index (χ1n) is 8.24. The van der Waals surface area contributed by atoms with E-state index < -0.39 is 5.82 Å². The van der Waals surface area contributed by atoms with Crippen molar-refractivity contribution in [3.05, 3.63) is 64.1 Å². The number of carbonyl (C=O) groups excluding carboxylic acids is 1. The predicted molar refractivity (Wildman–Crippen MR) is 97.1 cm³/mol. The van der Waals surface area contributed by atoms with E-state index in [1.54, 1.807) is 24.3 Å². The van der Waals surface area contributed by atoms with Gasteiger partial charge in [-0.2, -0.15) is 0 Å². The minimum atomic E-state index is -0.448. The lowest BCUT2D eigenvalue weighted by atomic mass is 9.95. The summed E-state index contributed by atoms with van der Waals surface area (Å²) in [6.07, 6.45) is 1.45. The largest absolute Gasteiger partial charge is 0.323 e. The minimum Gasteiger partial charge on any atom is -0.323 e. The van der Waals surface area contributed by atoms with Crippen LogP contribution < -0.4 is 5.32 Å². The third kappa shape index (κ3) is 4.86. The fourth-order valence-corrected chi connectivity index (χ4v) is 3.36. The topological polar surface area (TPSA) is 32.3 Å². The minimum absolute atomic E-state index is 0.118. The fourth-order valence-electron chi connectivity index (χ4n) is 3.03. The summed E-state index contributed by atoms with van der Waals surface area (Å²) in [4.78, 5) is 14.6. The molecule has 1 fully saturated rings. The van der Waals surface area contributed by atoms with E-state index in [0.29, 0.717) is 4.47 Å². The number of nitrogens with one attached hydrogen (secondary N) is 1. The molecule has 6 heteroatoms. The molecule has 0 unspecified atom stereocenters. The highest BCUT2D eigenvalue weighted by Gasteiger charge is 2.25. The second-order valence-corrected chi connectivity index (χ2v) is 7.21. The van der Waals surface area contributed by atoms with Crippen LogP contribution in [-0.4, -0.2) is 23.9 Å². The van der Waals surface area contributed by atoms with Crippen molar-refractivity contribution in [3.8, 4) is 0 Å². The number of piperidine rings is 1. The van der Waals surface area contributed by atoms with Crippen molar-refractivity contribution in [2.24, 2.45) is 5.92 Å². The molecule has 1 aliphatic rings. The summed E-state index contributed by atoms with van der Waals surface area (Å²) in [6.45, 7) is 2.33. The summed E-state index contributed by atoms with van der Waals surface area (Å²) in [5, 5.41) is 2.68. The fraction of sp³-hybridized carbons (Fsp3) is 0.316. The number of benzene rings is 2. The number of hydrogen-bond acceptors (Lipinski definition) is 2. The van der Waals surface area contributed by atoms with Crippen LogP contribution in [-0.2, 0) is 11.3 Å². The first kappa shape index (κ1) is 18.0. The SMILES string of the molecule is O=C(Nc1ccc(Br)cc1F)C1CCN(Cc2ccc(F)cc2)CC1. The summed E-state index contributed by atoms with van der Waals surface area (Å²) < 4.78 is 27.4. The number of likely N-dealkylation sites (tertiary alicyclic amines) is 1. The van der Waals surface area contributed by atoms with Gasteiger partial charge in [0.15, 0.2) is 0 Å². The third-order valence-electron chi connectivity index (χ3n) is 4.47. The molecular weight excluding hydrogens is 390 g/mol. The molecule has 1 N–H and O–H groups in total. The lowest BCUT2D eigenvalue weighted by Crippen LogP contribution is -2.37. The molecule has 0 saturated carbocycles. The number of hydrogen-bond donors (Lipinski definition) is 1. The summed E-state index contributed by atoms with van der Waals surface area (Å²) in [6, 6.07) is 11.1. The lowest BCUT2D eigenvalue weighted by molar-refractivity contribution is -0.121. The van der Waals surface area contributed by atoms with Crippen molar-refractivity contribution >= 4 is 27.5 Å². The number of anilines is 1. The van der Waals surface area contributed by atoms with Gasteiger partial charge < -0.3 is 5.32 Å². The highest BCUT2D eigenvalue weighted by Crippen LogP contribution is 2.23. The Morgan fingerprint density at radius 3 is 2.44 bits per heavy atom. The Bertz CT molecular complexity index is 744. The molecule has 2 aromatic carbocycles. The van der Waals surface area contributed by atoms with Gasteiger partial charge in [0.1, 0.15) is 11.6 Å². The molecule has 0 bridgehead atoms. The number of carbonyl (C=O) groups is 1. The smallest absolute Gasteiger partial charge is 0.227 e. The number of nitrogens with zero attached hydrogens (tertiary/aromatic N) is 1. The molecule has 132 valence electrons. The number of rotatable bonds is 4. The summed E-state index contributed by atoms with van der Waals surface area (Å²) in [5.41, 5.74) is 1.27. The monoisotopic (exact) mass is 408 g/mol. The van der Waals surface area contributed by atoms with Crippen LogP contribution in [0, 0.1) is 17.6 Å². The van der Waals surface area contributed by atoms with Crippen LogP contribution in [0.15, 0.2) is 46.9 Å². The van der Waals surface area contributed by atoms with Gasteiger partial charge >= 0.3 is 0 Å².